The number of carbonyl (C=O) groups is 2. The maximum absolute atomic E-state index is 12.0. The molecule has 1 aromatic rings. The van der Waals surface area contributed by atoms with Gasteiger partial charge in [-0.15, -0.1) is 0 Å². The molecule has 96 valence electrons. The van der Waals surface area contributed by atoms with Crippen molar-refractivity contribution in [3.63, 3.8) is 0 Å². The van der Waals surface area contributed by atoms with E-state index in [0.717, 1.165) is 18.4 Å². The summed E-state index contributed by atoms with van der Waals surface area (Å²) in [5.41, 5.74) is 1.20. The Labute approximate surface area is 110 Å². The first kappa shape index (κ1) is 12.9. The minimum Gasteiger partial charge on any atom is -0.480 e. The van der Waals surface area contributed by atoms with Gasteiger partial charge in [-0.05, 0) is 49.4 Å². The summed E-state index contributed by atoms with van der Waals surface area (Å²) in [4.78, 5) is 23.1. The number of aliphatic carboxylic acids is 1. The summed E-state index contributed by atoms with van der Waals surface area (Å²) in [5, 5.41) is 12.2. The van der Waals surface area contributed by atoms with E-state index >= 15 is 0 Å². The highest BCUT2D eigenvalue weighted by molar-refractivity contribution is 6.30. The van der Waals surface area contributed by atoms with Crippen LogP contribution in [0.25, 0.3) is 0 Å². The Kier molecular flexibility index (Phi) is 3.57. The van der Waals surface area contributed by atoms with Gasteiger partial charge in [0, 0.05) is 10.6 Å². The zero-order chi connectivity index (χ0) is 13.3. The average Bonchev–Trinajstić information content (AvgIpc) is 3.08. The van der Waals surface area contributed by atoms with Crippen LogP contribution in [0.5, 0.6) is 0 Å². The van der Waals surface area contributed by atoms with Crippen molar-refractivity contribution in [2.45, 2.75) is 25.8 Å². The van der Waals surface area contributed by atoms with Crippen LogP contribution in [0.4, 0.5) is 0 Å². The van der Waals surface area contributed by atoms with Crippen LogP contribution in [0.15, 0.2) is 18.2 Å². The molecule has 2 N–H and O–H groups in total. The lowest BCUT2D eigenvalue weighted by Gasteiger charge is -2.14. The predicted octanol–water partition coefficient (Wildman–Crippen LogP) is 2.24. The van der Waals surface area contributed by atoms with Crippen LogP contribution in [-0.4, -0.2) is 23.0 Å². The monoisotopic (exact) mass is 267 g/mol. The largest absolute Gasteiger partial charge is 0.480 e. The Hall–Kier alpha value is -1.55. The molecule has 5 heteroatoms. The highest BCUT2D eigenvalue weighted by atomic mass is 35.5. The van der Waals surface area contributed by atoms with Crippen LogP contribution >= 0.6 is 11.6 Å². The van der Waals surface area contributed by atoms with E-state index < -0.39 is 12.0 Å². The molecule has 0 radical (unpaired) electrons. The van der Waals surface area contributed by atoms with Crippen LogP contribution < -0.4 is 5.32 Å². The molecule has 0 bridgehead atoms. The smallest absolute Gasteiger partial charge is 0.326 e. The van der Waals surface area contributed by atoms with Crippen molar-refractivity contribution in [3.8, 4) is 0 Å². The molecular weight excluding hydrogens is 254 g/mol. The van der Waals surface area contributed by atoms with E-state index in [4.69, 9.17) is 16.7 Å². The number of benzene rings is 1. The zero-order valence-electron chi connectivity index (χ0n) is 9.94. The lowest BCUT2D eigenvalue weighted by molar-refractivity contribution is -0.139. The van der Waals surface area contributed by atoms with Gasteiger partial charge >= 0.3 is 5.97 Å². The molecule has 0 saturated heterocycles. The summed E-state index contributed by atoms with van der Waals surface area (Å²) in [5.74, 6) is -1.26. The second-order valence-corrected chi connectivity index (χ2v) is 5.02. The van der Waals surface area contributed by atoms with E-state index in [1.54, 1.807) is 25.1 Å². The second kappa shape index (κ2) is 4.98. The molecule has 0 aliphatic heterocycles. The van der Waals surface area contributed by atoms with Gasteiger partial charge in [0.2, 0.25) is 0 Å². The van der Waals surface area contributed by atoms with Crippen molar-refractivity contribution in [2.75, 3.05) is 0 Å². The lowest BCUT2D eigenvalue weighted by atomic mass is 10.1. The van der Waals surface area contributed by atoms with Gasteiger partial charge in [-0.25, -0.2) is 4.79 Å². The number of carboxylic acids is 1. The average molecular weight is 268 g/mol. The van der Waals surface area contributed by atoms with Crippen LogP contribution in [-0.2, 0) is 4.79 Å². The fourth-order valence-corrected chi connectivity index (χ4v) is 2.14. The summed E-state index contributed by atoms with van der Waals surface area (Å²) in [7, 11) is 0. The molecule has 1 aliphatic carbocycles. The minimum atomic E-state index is -0.975. The molecule has 1 atom stereocenters. The number of halogens is 1. The molecule has 2 rings (SSSR count). The van der Waals surface area contributed by atoms with E-state index in [1.165, 1.54) is 0 Å². The van der Waals surface area contributed by atoms with Crippen molar-refractivity contribution < 1.29 is 14.7 Å². The van der Waals surface area contributed by atoms with Crippen molar-refractivity contribution in [1.29, 1.82) is 0 Å². The quantitative estimate of drug-likeness (QED) is 0.879. The summed E-state index contributed by atoms with van der Waals surface area (Å²) in [6.07, 6.45) is 1.72. The van der Waals surface area contributed by atoms with Gasteiger partial charge in [-0.1, -0.05) is 11.6 Å². The topological polar surface area (TPSA) is 66.4 Å². The maximum atomic E-state index is 12.0. The van der Waals surface area contributed by atoms with Crippen LogP contribution in [0, 0.1) is 12.8 Å². The Morgan fingerprint density at radius 1 is 1.44 bits per heavy atom. The zero-order valence-corrected chi connectivity index (χ0v) is 10.7. The van der Waals surface area contributed by atoms with Crippen LogP contribution in [0.3, 0.4) is 0 Å². The molecule has 1 saturated carbocycles. The van der Waals surface area contributed by atoms with Gasteiger partial charge < -0.3 is 10.4 Å². The van der Waals surface area contributed by atoms with E-state index in [-0.39, 0.29) is 11.8 Å². The Morgan fingerprint density at radius 2 is 2.11 bits per heavy atom. The Morgan fingerprint density at radius 3 is 2.61 bits per heavy atom. The molecule has 1 unspecified atom stereocenters. The highest BCUT2D eigenvalue weighted by Crippen LogP contribution is 2.33. The molecule has 1 aliphatic rings. The number of carboxylic acid groups (broad SMARTS) is 1. The Bertz CT molecular complexity index is 497. The molecule has 18 heavy (non-hydrogen) atoms. The van der Waals surface area contributed by atoms with Crippen molar-refractivity contribution in [2.24, 2.45) is 5.92 Å². The van der Waals surface area contributed by atoms with Gasteiger partial charge in [-0.3, -0.25) is 4.79 Å². The maximum Gasteiger partial charge on any atom is 0.326 e. The SMILES string of the molecule is Cc1cc(Cl)ccc1C(=O)NC(C(=O)O)C1CC1. The molecule has 0 heterocycles. The minimum absolute atomic E-state index is 0.0686. The molecule has 0 spiro atoms. The second-order valence-electron chi connectivity index (χ2n) is 4.59. The van der Waals surface area contributed by atoms with E-state index in [1.807, 2.05) is 0 Å². The summed E-state index contributed by atoms with van der Waals surface area (Å²) < 4.78 is 0. The first-order valence-corrected chi connectivity index (χ1v) is 6.16. The third-order valence-corrected chi connectivity index (χ3v) is 3.31. The van der Waals surface area contributed by atoms with Gasteiger partial charge in [0.1, 0.15) is 6.04 Å². The van der Waals surface area contributed by atoms with Crippen molar-refractivity contribution >= 4 is 23.5 Å². The standard InChI is InChI=1S/C13H14ClNO3/c1-7-6-9(14)4-5-10(7)12(16)15-11(13(17)18)8-2-3-8/h4-6,8,11H,2-3H2,1H3,(H,15,16)(H,17,18). The number of aryl methyl sites for hydroxylation is 1. The van der Waals surface area contributed by atoms with Gasteiger partial charge in [0.15, 0.2) is 0 Å². The molecule has 1 aromatic carbocycles. The third-order valence-electron chi connectivity index (χ3n) is 3.08. The Balaban J connectivity index is 2.13. The first-order chi connectivity index (χ1) is 8.49. The first-order valence-electron chi connectivity index (χ1n) is 5.79. The fourth-order valence-electron chi connectivity index (χ4n) is 1.91. The number of hydrogen-bond acceptors (Lipinski definition) is 2. The van der Waals surface area contributed by atoms with Crippen molar-refractivity contribution in [3.05, 3.63) is 34.3 Å². The van der Waals surface area contributed by atoms with E-state index in [0.29, 0.717) is 10.6 Å². The van der Waals surface area contributed by atoms with E-state index in [2.05, 4.69) is 5.32 Å². The number of amides is 1. The molecule has 4 nitrogen and oxygen atoms in total. The summed E-state index contributed by atoms with van der Waals surface area (Å²) >= 11 is 5.81. The molecule has 1 amide bonds. The predicted molar refractivity (Wildman–Crippen MR) is 67.8 cm³/mol. The van der Waals surface area contributed by atoms with Gasteiger partial charge in [0.05, 0.1) is 0 Å². The normalized spacial score (nSPS) is 16.1. The number of hydrogen-bond donors (Lipinski definition) is 2. The fraction of sp³-hybridized carbons (Fsp3) is 0.385. The number of nitrogens with one attached hydrogen (secondary N) is 1. The molecular formula is C13H14ClNO3. The number of carbonyl (C=O) groups excluding carboxylic acids is 1. The summed E-state index contributed by atoms with van der Waals surface area (Å²) in [6.45, 7) is 1.77. The molecule has 1 fully saturated rings. The van der Waals surface area contributed by atoms with Gasteiger partial charge in [-0.2, -0.15) is 0 Å². The van der Waals surface area contributed by atoms with Crippen LogP contribution in [0.2, 0.25) is 5.02 Å². The lowest BCUT2D eigenvalue weighted by Crippen LogP contribution is -2.42. The van der Waals surface area contributed by atoms with Crippen molar-refractivity contribution in [1.82, 2.24) is 5.32 Å². The van der Waals surface area contributed by atoms with Crippen LogP contribution in [0.1, 0.15) is 28.8 Å². The number of rotatable bonds is 4. The molecule has 0 aromatic heterocycles. The van der Waals surface area contributed by atoms with Gasteiger partial charge in [0.25, 0.3) is 5.91 Å². The third kappa shape index (κ3) is 2.82. The summed E-state index contributed by atoms with van der Waals surface area (Å²) in [6, 6.07) is 4.13. The highest BCUT2D eigenvalue weighted by Gasteiger charge is 2.37. The van der Waals surface area contributed by atoms with E-state index in [9.17, 15) is 9.59 Å².